The van der Waals surface area contributed by atoms with Crippen LogP contribution in [0.5, 0.6) is 0 Å². The number of nitrogens with zero attached hydrogens (tertiary/aromatic N) is 1. The number of ether oxygens (including phenoxy) is 2. The zero-order chi connectivity index (χ0) is 18.9. The Kier molecular flexibility index (Phi) is 6.05. The summed E-state index contributed by atoms with van der Waals surface area (Å²) in [6.07, 6.45) is -0.982. The number of hydrogen-bond donors (Lipinski definition) is 1. The highest BCUT2D eigenvalue weighted by Gasteiger charge is 2.30. The van der Waals surface area contributed by atoms with E-state index in [1.54, 1.807) is 41.5 Å². The van der Waals surface area contributed by atoms with E-state index in [9.17, 15) is 14.0 Å². The number of aromatic nitrogens is 1. The van der Waals surface area contributed by atoms with E-state index in [-0.39, 0.29) is 0 Å². The van der Waals surface area contributed by atoms with Gasteiger partial charge >= 0.3 is 12.1 Å². The van der Waals surface area contributed by atoms with Gasteiger partial charge in [-0.15, -0.1) is 0 Å². The molecule has 9 heteroatoms. The second-order valence-corrected chi connectivity index (χ2v) is 7.60. The Hall–Kier alpha value is -1.60. The van der Waals surface area contributed by atoms with Gasteiger partial charge in [-0.05, 0) is 41.5 Å². The number of amides is 1. The average molecular weight is 381 g/mol. The Balaban J connectivity index is 3.31. The number of halogens is 3. The smallest absolute Gasteiger partial charge is 0.412 e. The average Bonchev–Trinajstić information content (AvgIpc) is 2.30. The van der Waals surface area contributed by atoms with Crippen molar-refractivity contribution in [2.75, 3.05) is 5.32 Å². The van der Waals surface area contributed by atoms with Crippen molar-refractivity contribution < 1.29 is 23.5 Å². The Morgan fingerprint density at radius 2 is 1.50 bits per heavy atom. The molecule has 1 heterocycles. The van der Waals surface area contributed by atoms with Crippen LogP contribution < -0.4 is 5.32 Å². The molecule has 1 N–H and O–H groups in total. The van der Waals surface area contributed by atoms with Crippen molar-refractivity contribution >= 4 is 41.0 Å². The normalized spacial score (nSPS) is 11.9. The van der Waals surface area contributed by atoms with Gasteiger partial charge in [-0.3, -0.25) is 5.32 Å². The lowest BCUT2D eigenvalue weighted by Crippen LogP contribution is -2.29. The van der Waals surface area contributed by atoms with Gasteiger partial charge in [0.25, 0.3) is 0 Å². The molecule has 0 saturated heterocycles. The fraction of sp³-hybridized carbons (Fsp3) is 0.533. The van der Waals surface area contributed by atoms with Crippen molar-refractivity contribution in [1.82, 2.24) is 4.98 Å². The van der Waals surface area contributed by atoms with Crippen molar-refractivity contribution in [3.8, 4) is 0 Å². The molecule has 0 aliphatic rings. The van der Waals surface area contributed by atoms with Gasteiger partial charge in [-0.1, -0.05) is 23.2 Å². The SMILES string of the molecule is CC(C)(C)OC(=O)Nc1c(F)c(Cl)nc(Cl)c1C(=O)OC(C)(C)C. The summed E-state index contributed by atoms with van der Waals surface area (Å²) in [4.78, 5) is 27.7. The van der Waals surface area contributed by atoms with Crippen LogP contribution in [0.2, 0.25) is 10.3 Å². The molecule has 1 aromatic heterocycles. The molecule has 0 radical (unpaired) electrons. The van der Waals surface area contributed by atoms with Gasteiger partial charge in [0.05, 0.1) is 0 Å². The van der Waals surface area contributed by atoms with E-state index in [1.807, 2.05) is 0 Å². The molecular formula is C15H19Cl2FN2O4. The van der Waals surface area contributed by atoms with Gasteiger partial charge in [0, 0.05) is 0 Å². The van der Waals surface area contributed by atoms with Crippen LogP contribution in [0.1, 0.15) is 51.9 Å². The Bertz CT molecular complexity index is 667. The molecule has 0 aliphatic heterocycles. The fourth-order valence-corrected chi connectivity index (χ4v) is 2.02. The van der Waals surface area contributed by atoms with Crippen LogP contribution in [0, 0.1) is 5.82 Å². The van der Waals surface area contributed by atoms with Gasteiger partial charge in [0.1, 0.15) is 27.6 Å². The number of esters is 1. The molecule has 1 aromatic rings. The molecular weight excluding hydrogens is 362 g/mol. The van der Waals surface area contributed by atoms with Crippen LogP contribution in [-0.2, 0) is 9.47 Å². The molecule has 0 unspecified atom stereocenters. The van der Waals surface area contributed by atoms with Crippen LogP contribution >= 0.6 is 23.2 Å². The second-order valence-electron chi connectivity index (χ2n) is 6.89. The summed E-state index contributed by atoms with van der Waals surface area (Å²) in [5.41, 5.74) is -2.68. The van der Waals surface area contributed by atoms with Crippen LogP contribution in [0.4, 0.5) is 14.9 Å². The highest BCUT2D eigenvalue weighted by atomic mass is 35.5. The maximum Gasteiger partial charge on any atom is 0.412 e. The lowest BCUT2D eigenvalue weighted by Gasteiger charge is -2.22. The minimum absolute atomic E-state index is 0.401. The molecule has 0 saturated carbocycles. The fourth-order valence-electron chi connectivity index (χ4n) is 1.55. The maximum absolute atomic E-state index is 14.3. The Morgan fingerprint density at radius 3 is 1.96 bits per heavy atom. The lowest BCUT2D eigenvalue weighted by molar-refractivity contribution is 0.00701. The standard InChI is InChI=1S/C15H19Cl2FN2O4/c1-14(2,3)23-12(21)7-9(8(18)11(17)20-10(7)16)19-13(22)24-15(4,5)6/h1-6H3,(H,19,20,22). The molecule has 0 atom stereocenters. The molecule has 0 spiro atoms. The number of anilines is 1. The molecule has 134 valence electrons. The summed E-state index contributed by atoms with van der Waals surface area (Å²) < 4.78 is 24.5. The van der Waals surface area contributed by atoms with Gasteiger partial charge in [0.2, 0.25) is 0 Å². The van der Waals surface area contributed by atoms with Crippen LogP contribution in [0.15, 0.2) is 0 Å². The van der Waals surface area contributed by atoms with Gasteiger partial charge in [-0.25, -0.2) is 19.0 Å². The topological polar surface area (TPSA) is 77.5 Å². The van der Waals surface area contributed by atoms with Crippen LogP contribution in [0.25, 0.3) is 0 Å². The van der Waals surface area contributed by atoms with E-state index >= 15 is 0 Å². The van der Waals surface area contributed by atoms with Crippen molar-refractivity contribution in [1.29, 1.82) is 0 Å². The van der Waals surface area contributed by atoms with E-state index in [2.05, 4.69) is 10.3 Å². The first kappa shape index (κ1) is 20.4. The molecule has 24 heavy (non-hydrogen) atoms. The van der Waals surface area contributed by atoms with Crippen molar-refractivity contribution in [2.24, 2.45) is 0 Å². The summed E-state index contributed by atoms with van der Waals surface area (Å²) in [5.74, 6) is -2.07. The van der Waals surface area contributed by atoms with Gasteiger partial charge in [-0.2, -0.15) is 0 Å². The third kappa shape index (κ3) is 5.79. The molecule has 0 aromatic carbocycles. The van der Waals surface area contributed by atoms with E-state index in [1.165, 1.54) is 0 Å². The predicted octanol–water partition coefficient (Wildman–Crippen LogP) is 4.83. The molecule has 0 fully saturated rings. The predicted molar refractivity (Wildman–Crippen MR) is 89.2 cm³/mol. The number of carbonyl (C=O) groups excluding carboxylic acids is 2. The van der Waals surface area contributed by atoms with Crippen LogP contribution in [-0.4, -0.2) is 28.2 Å². The second kappa shape index (κ2) is 7.11. The quantitative estimate of drug-likeness (QED) is 0.587. The molecule has 0 bridgehead atoms. The van der Waals surface area contributed by atoms with E-state index in [0.717, 1.165) is 0 Å². The Morgan fingerprint density at radius 1 is 1.00 bits per heavy atom. The minimum Gasteiger partial charge on any atom is -0.456 e. The largest absolute Gasteiger partial charge is 0.456 e. The Labute approximate surface area is 149 Å². The van der Waals surface area contributed by atoms with Crippen molar-refractivity contribution in [3.05, 3.63) is 21.7 Å². The van der Waals surface area contributed by atoms with Gasteiger partial charge in [0.15, 0.2) is 11.0 Å². The highest BCUT2D eigenvalue weighted by molar-refractivity contribution is 6.35. The molecule has 0 aliphatic carbocycles. The lowest BCUT2D eigenvalue weighted by atomic mass is 10.1. The summed E-state index contributed by atoms with van der Waals surface area (Å²) in [5, 5.41) is 1.14. The number of pyridine rings is 1. The summed E-state index contributed by atoms with van der Waals surface area (Å²) in [6, 6.07) is 0. The summed E-state index contributed by atoms with van der Waals surface area (Å²) >= 11 is 11.5. The zero-order valence-electron chi connectivity index (χ0n) is 14.2. The number of hydrogen-bond acceptors (Lipinski definition) is 5. The molecule has 1 rings (SSSR count). The van der Waals surface area contributed by atoms with Crippen molar-refractivity contribution in [3.63, 3.8) is 0 Å². The first-order valence-corrected chi connectivity index (χ1v) is 7.74. The third-order valence-electron chi connectivity index (χ3n) is 2.28. The van der Waals surface area contributed by atoms with Crippen molar-refractivity contribution in [2.45, 2.75) is 52.7 Å². The monoisotopic (exact) mass is 380 g/mol. The van der Waals surface area contributed by atoms with E-state index in [4.69, 9.17) is 32.7 Å². The van der Waals surface area contributed by atoms with E-state index in [0.29, 0.717) is 0 Å². The molecule has 6 nitrogen and oxygen atoms in total. The van der Waals surface area contributed by atoms with E-state index < -0.39 is 50.6 Å². The van der Waals surface area contributed by atoms with Gasteiger partial charge < -0.3 is 9.47 Å². The number of carbonyl (C=O) groups is 2. The number of rotatable bonds is 2. The first-order chi connectivity index (χ1) is 10.7. The summed E-state index contributed by atoms with van der Waals surface area (Å²) in [7, 11) is 0. The minimum atomic E-state index is -1.12. The number of nitrogens with one attached hydrogen (secondary N) is 1. The van der Waals surface area contributed by atoms with Crippen LogP contribution in [0.3, 0.4) is 0 Å². The molecule has 1 amide bonds. The third-order valence-corrected chi connectivity index (χ3v) is 2.81. The zero-order valence-corrected chi connectivity index (χ0v) is 15.7. The maximum atomic E-state index is 14.3. The highest BCUT2D eigenvalue weighted by Crippen LogP contribution is 2.32. The first-order valence-electron chi connectivity index (χ1n) is 6.99. The summed E-state index contributed by atoms with van der Waals surface area (Å²) in [6.45, 7) is 9.76.